The first-order chi connectivity index (χ1) is 11.0. The Morgan fingerprint density at radius 1 is 1.39 bits per heavy atom. The Bertz CT molecular complexity index is 749. The van der Waals surface area contributed by atoms with Crippen LogP contribution in [0.25, 0.3) is 0 Å². The zero-order valence-corrected chi connectivity index (χ0v) is 14.4. The van der Waals surface area contributed by atoms with E-state index in [9.17, 15) is 9.90 Å². The quantitative estimate of drug-likeness (QED) is 0.663. The van der Waals surface area contributed by atoms with Crippen LogP contribution in [0.5, 0.6) is 11.5 Å². The summed E-state index contributed by atoms with van der Waals surface area (Å²) in [7, 11) is 1.55. The number of thiophene rings is 1. The first-order valence-electron chi connectivity index (χ1n) is 7.16. The van der Waals surface area contributed by atoms with Crippen LogP contribution in [0, 0.1) is 13.8 Å². The molecule has 0 saturated heterocycles. The summed E-state index contributed by atoms with van der Waals surface area (Å²) in [6, 6.07) is 4.88. The number of hydrogen-bond donors (Lipinski definition) is 1. The van der Waals surface area contributed by atoms with E-state index in [2.05, 4.69) is 4.99 Å². The van der Waals surface area contributed by atoms with Crippen LogP contribution in [-0.2, 0) is 4.74 Å². The second-order valence-electron chi connectivity index (χ2n) is 4.87. The maximum Gasteiger partial charge on any atom is 0.341 e. The standard InChI is InChI=1S/C17H19NO4S/c1-5-22-17(20)15-10(2)11(3)23-16(15)18-9-12-8-13(21-4)6-7-14(12)19/h6-9,19H,5H2,1-4H3. The molecule has 0 aliphatic rings. The predicted octanol–water partition coefficient (Wildman–Crippen LogP) is 4.01. The topological polar surface area (TPSA) is 68.1 Å². The molecule has 0 unspecified atom stereocenters. The van der Waals surface area contributed by atoms with E-state index in [1.165, 1.54) is 23.6 Å². The molecule has 122 valence electrons. The third kappa shape index (κ3) is 3.71. The number of aryl methyl sites for hydroxylation is 1. The van der Waals surface area contributed by atoms with Crippen molar-refractivity contribution in [3.8, 4) is 11.5 Å². The number of aromatic hydroxyl groups is 1. The Hall–Kier alpha value is -2.34. The van der Waals surface area contributed by atoms with Crippen molar-refractivity contribution in [3.63, 3.8) is 0 Å². The number of carbonyl (C=O) groups excluding carboxylic acids is 1. The molecular weight excluding hydrogens is 314 g/mol. The second-order valence-corrected chi connectivity index (χ2v) is 6.07. The number of rotatable bonds is 5. The molecule has 6 heteroatoms. The molecule has 2 rings (SSSR count). The third-order valence-corrected chi connectivity index (χ3v) is 4.52. The number of phenols is 1. The smallest absolute Gasteiger partial charge is 0.341 e. The van der Waals surface area contributed by atoms with Gasteiger partial charge in [0.25, 0.3) is 0 Å². The van der Waals surface area contributed by atoms with Crippen molar-refractivity contribution < 1.29 is 19.4 Å². The molecule has 1 aromatic heterocycles. The fraction of sp³-hybridized carbons (Fsp3) is 0.294. The summed E-state index contributed by atoms with van der Waals surface area (Å²) < 4.78 is 10.2. The van der Waals surface area contributed by atoms with Gasteiger partial charge in [0.2, 0.25) is 0 Å². The summed E-state index contributed by atoms with van der Waals surface area (Å²) >= 11 is 1.42. The molecule has 0 spiro atoms. The number of phenolic OH excluding ortho intramolecular Hbond substituents is 1. The van der Waals surface area contributed by atoms with Crippen LogP contribution in [0.15, 0.2) is 23.2 Å². The molecule has 1 heterocycles. The maximum atomic E-state index is 12.1. The molecule has 0 saturated carbocycles. The van der Waals surface area contributed by atoms with Crippen LogP contribution < -0.4 is 4.74 Å². The minimum atomic E-state index is -0.378. The number of nitrogens with zero attached hydrogens (tertiary/aromatic N) is 1. The molecule has 0 atom stereocenters. The Morgan fingerprint density at radius 3 is 2.78 bits per heavy atom. The third-order valence-electron chi connectivity index (χ3n) is 3.40. The molecule has 23 heavy (non-hydrogen) atoms. The zero-order chi connectivity index (χ0) is 17.0. The number of benzene rings is 1. The number of hydrogen-bond acceptors (Lipinski definition) is 6. The largest absolute Gasteiger partial charge is 0.507 e. The van der Waals surface area contributed by atoms with Gasteiger partial charge >= 0.3 is 5.97 Å². The van der Waals surface area contributed by atoms with Crippen molar-refractivity contribution in [2.75, 3.05) is 13.7 Å². The van der Waals surface area contributed by atoms with Gasteiger partial charge in [0.1, 0.15) is 16.5 Å². The van der Waals surface area contributed by atoms with Crippen LogP contribution in [0.4, 0.5) is 5.00 Å². The molecule has 0 aliphatic heterocycles. The lowest BCUT2D eigenvalue weighted by atomic mass is 10.1. The highest BCUT2D eigenvalue weighted by Crippen LogP contribution is 2.35. The van der Waals surface area contributed by atoms with Gasteiger partial charge in [-0.15, -0.1) is 11.3 Å². The Kier molecular flexibility index (Phi) is 5.39. The average molecular weight is 333 g/mol. The van der Waals surface area contributed by atoms with Crippen molar-refractivity contribution in [2.24, 2.45) is 4.99 Å². The minimum Gasteiger partial charge on any atom is -0.507 e. The number of methoxy groups -OCH3 is 1. The van der Waals surface area contributed by atoms with Gasteiger partial charge in [-0.1, -0.05) is 0 Å². The maximum absolute atomic E-state index is 12.1. The van der Waals surface area contributed by atoms with E-state index in [1.807, 2.05) is 13.8 Å². The molecular formula is C17H19NO4S. The normalized spacial score (nSPS) is 11.0. The Balaban J connectivity index is 2.40. The highest BCUT2D eigenvalue weighted by atomic mass is 32.1. The predicted molar refractivity (Wildman–Crippen MR) is 91.7 cm³/mol. The zero-order valence-electron chi connectivity index (χ0n) is 13.5. The number of esters is 1. The van der Waals surface area contributed by atoms with Crippen molar-refractivity contribution in [1.29, 1.82) is 0 Å². The van der Waals surface area contributed by atoms with Gasteiger partial charge in [-0.25, -0.2) is 9.79 Å². The van der Waals surface area contributed by atoms with Gasteiger partial charge in [0, 0.05) is 16.7 Å². The van der Waals surface area contributed by atoms with Crippen molar-refractivity contribution >= 4 is 28.5 Å². The molecule has 1 aromatic carbocycles. The second kappa shape index (κ2) is 7.28. The first kappa shape index (κ1) is 17.0. The molecule has 0 fully saturated rings. The van der Waals surface area contributed by atoms with Crippen molar-refractivity contribution in [2.45, 2.75) is 20.8 Å². The van der Waals surface area contributed by atoms with Crippen LogP contribution in [0.2, 0.25) is 0 Å². The summed E-state index contributed by atoms with van der Waals surface area (Å²) in [6.45, 7) is 5.89. The van der Waals surface area contributed by atoms with E-state index in [0.29, 0.717) is 28.5 Å². The van der Waals surface area contributed by atoms with Crippen molar-refractivity contribution in [3.05, 3.63) is 39.8 Å². The van der Waals surface area contributed by atoms with E-state index < -0.39 is 0 Å². The van der Waals surface area contributed by atoms with Crippen molar-refractivity contribution in [1.82, 2.24) is 0 Å². The van der Waals surface area contributed by atoms with E-state index in [0.717, 1.165) is 10.4 Å². The molecule has 2 aromatic rings. The van der Waals surface area contributed by atoms with E-state index in [-0.39, 0.29) is 11.7 Å². The van der Waals surface area contributed by atoms with Gasteiger partial charge in [-0.3, -0.25) is 0 Å². The van der Waals surface area contributed by atoms with Gasteiger partial charge in [0.15, 0.2) is 0 Å². The highest BCUT2D eigenvalue weighted by Gasteiger charge is 2.20. The molecule has 0 bridgehead atoms. The van der Waals surface area contributed by atoms with Crippen LogP contribution in [0.1, 0.15) is 33.3 Å². The van der Waals surface area contributed by atoms with Gasteiger partial charge < -0.3 is 14.6 Å². The average Bonchev–Trinajstić information content (AvgIpc) is 2.81. The van der Waals surface area contributed by atoms with Gasteiger partial charge in [0.05, 0.1) is 19.3 Å². The van der Waals surface area contributed by atoms with E-state index in [1.54, 1.807) is 26.2 Å². The summed E-state index contributed by atoms with van der Waals surface area (Å²) in [6.07, 6.45) is 1.52. The SMILES string of the molecule is CCOC(=O)c1c(N=Cc2cc(OC)ccc2O)sc(C)c1C. The summed E-state index contributed by atoms with van der Waals surface area (Å²) in [5.41, 5.74) is 1.87. The summed E-state index contributed by atoms with van der Waals surface area (Å²) in [4.78, 5) is 17.5. The Labute approximate surface area is 139 Å². The lowest BCUT2D eigenvalue weighted by molar-refractivity contribution is 0.0527. The van der Waals surface area contributed by atoms with Crippen LogP contribution in [0.3, 0.4) is 0 Å². The summed E-state index contributed by atoms with van der Waals surface area (Å²) in [5, 5.41) is 10.5. The van der Waals surface area contributed by atoms with Gasteiger partial charge in [-0.05, 0) is 44.5 Å². The molecule has 0 amide bonds. The number of carbonyl (C=O) groups is 1. The van der Waals surface area contributed by atoms with E-state index >= 15 is 0 Å². The fourth-order valence-electron chi connectivity index (χ4n) is 2.03. The van der Waals surface area contributed by atoms with Crippen LogP contribution in [-0.4, -0.2) is 31.0 Å². The summed E-state index contributed by atoms with van der Waals surface area (Å²) in [5.74, 6) is 0.335. The Morgan fingerprint density at radius 2 is 2.13 bits per heavy atom. The molecule has 0 radical (unpaired) electrons. The number of ether oxygens (including phenoxy) is 2. The minimum absolute atomic E-state index is 0.0947. The molecule has 1 N–H and O–H groups in total. The van der Waals surface area contributed by atoms with Gasteiger partial charge in [-0.2, -0.15) is 0 Å². The fourth-order valence-corrected chi connectivity index (χ4v) is 3.02. The lowest BCUT2D eigenvalue weighted by Gasteiger charge is -2.04. The monoisotopic (exact) mass is 333 g/mol. The van der Waals surface area contributed by atoms with Crippen LogP contribution >= 0.6 is 11.3 Å². The highest BCUT2D eigenvalue weighted by molar-refractivity contribution is 7.16. The number of aliphatic imine (C=N–C) groups is 1. The lowest BCUT2D eigenvalue weighted by Crippen LogP contribution is -2.05. The molecule has 0 aliphatic carbocycles. The first-order valence-corrected chi connectivity index (χ1v) is 7.97. The molecule has 5 nitrogen and oxygen atoms in total. The van der Waals surface area contributed by atoms with E-state index in [4.69, 9.17) is 9.47 Å².